The number of nitrogens with one attached hydrogen (secondary N) is 1. The Morgan fingerprint density at radius 3 is 2.70 bits per heavy atom. The summed E-state index contributed by atoms with van der Waals surface area (Å²) < 4.78 is 21.7. The van der Waals surface area contributed by atoms with Crippen LogP contribution in [0.2, 0.25) is 0 Å². The Labute approximate surface area is 214 Å². The first-order valence-corrected chi connectivity index (χ1v) is 12.2. The lowest BCUT2D eigenvalue weighted by atomic mass is 10.0. The van der Waals surface area contributed by atoms with Gasteiger partial charge >= 0.3 is 0 Å². The molecule has 4 aromatic rings. The molecule has 1 amide bonds. The van der Waals surface area contributed by atoms with Crippen LogP contribution in [0.1, 0.15) is 23.3 Å². The van der Waals surface area contributed by atoms with Crippen molar-refractivity contribution >= 4 is 28.2 Å². The lowest BCUT2D eigenvalue weighted by Gasteiger charge is -2.37. The number of ether oxygens (including phenoxy) is 1. The molecule has 1 aliphatic heterocycles. The predicted molar refractivity (Wildman–Crippen MR) is 142 cm³/mol. The molecule has 5 rings (SSSR count). The van der Waals surface area contributed by atoms with Crippen LogP contribution in [-0.4, -0.2) is 70.9 Å². The number of hydrogen-bond donors (Lipinski definition) is 1. The van der Waals surface area contributed by atoms with Gasteiger partial charge in [0, 0.05) is 31.7 Å². The number of anilines is 2. The molecule has 1 saturated heterocycles. The van der Waals surface area contributed by atoms with Crippen LogP contribution < -0.4 is 15.0 Å². The van der Waals surface area contributed by atoms with E-state index in [2.05, 4.69) is 44.3 Å². The van der Waals surface area contributed by atoms with Gasteiger partial charge in [0.25, 0.3) is 5.91 Å². The van der Waals surface area contributed by atoms with Gasteiger partial charge in [0.2, 0.25) is 0 Å². The van der Waals surface area contributed by atoms with Crippen molar-refractivity contribution < 1.29 is 13.9 Å². The van der Waals surface area contributed by atoms with Crippen LogP contribution in [0.15, 0.2) is 48.8 Å². The van der Waals surface area contributed by atoms with E-state index < -0.39 is 11.7 Å². The highest BCUT2D eigenvalue weighted by molar-refractivity contribution is 6.09. The molecule has 0 aliphatic carbocycles. The summed E-state index contributed by atoms with van der Waals surface area (Å²) in [7, 11) is 7.56. The maximum Gasteiger partial charge on any atom is 0.274 e. The Morgan fingerprint density at radius 1 is 1.16 bits per heavy atom. The number of rotatable bonds is 6. The molecular formula is C27H30FN7O2. The van der Waals surface area contributed by atoms with E-state index in [4.69, 9.17) is 4.74 Å². The molecule has 1 fully saturated rings. The van der Waals surface area contributed by atoms with Crippen molar-refractivity contribution in [3.63, 3.8) is 0 Å². The highest BCUT2D eigenvalue weighted by atomic mass is 19.1. The monoisotopic (exact) mass is 503 g/mol. The molecule has 1 aliphatic rings. The van der Waals surface area contributed by atoms with E-state index in [-0.39, 0.29) is 17.1 Å². The van der Waals surface area contributed by atoms with E-state index in [0.717, 1.165) is 42.5 Å². The molecule has 2 aromatic heterocycles. The van der Waals surface area contributed by atoms with Crippen LogP contribution in [0, 0.1) is 5.82 Å². The Hall–Kier alpha value is -4.05. The molecule has 0 unspecified atom stereocenters. The summed E-state index contributed by atoms with van der Waals surface area (Å²) >= 11 is 0. The maximum absolute atomic E-state index is 14.6. The first kappa shape index (κ1) is 24.6. The third kappa shape index (κ3) is 4.72. The average Bonchev–Trinajstić information content (AvgIpc) is 3.29. The molecule has 37 heavy (non-hydrogen) atoms. The molecule has 0 spiro atoms. The van der Waals surface area contributed by atoms with Gasteiger partial charge in [0.15, 0.2) is 5.82 Å². The van der Waals surface area contributed by atoms with E-state index in [0.29, 0.717) is 17.5 Å². The summed E-state index contributed by atoms with van der Waals surface area (Å²) in [5, 5.41) is 8.44. The van der Waals surface area contributed by atoms with Crippen LogP contribution in [-0.2, 0) is 7.05 Å². The van der Waals surface area contributed by atoms with E-state index in [1.807, 2.05) is 30.1 Å². The molecule has 0 atom stereocenters. The third-order valence-corrected chi connectivity index (χ3v) is 7.05. The number of piperidine rings is 1. The van der Waals surface area contributed by atoms with Crippen molar-refractivity contribution in [2.75, 3.05) is 44.5 Å². The van der Waals surface area contributed by atoms with Crippen molar-refractivity contribution in [3.05, 3.63) is 60.3 Å². The van der Waals surface area contributed by atoms with E-state index >= 15 is 0 Å². The topological polar surface area (TPSA) is 88.4 Å². The van der Waals surface area contributed by atoms with Gasteiger partial charge < -0.3 is 19.9 Å². The van der Waals surface area contributed by atoms with Crippen LogP contribution in [0.25, 0.3) is 22.3 Å². The highest BCUT2D eigenvalue weighted by Crippen LogP contribution is 2.37. The lowest BCUT2D eigenvalue weighted by Crippen LogP contribution is -2.42. The number of halogens is 1. The Balaban J connectivity index is 1.50. The number of amides is 1. The summed E-state index contributed by atoms with van der Waals surface area (Å²) in [5.74, 6) is -0.572. The zero-order chi connectivity index (χ0) is 26.1. The van der Waals surface area contributed by atoms with Gasteiger partial charge in [0.1, 0.15) is 17.3 Å². The maximum atomic E-state index is 14.6. The smallest absolute Gasteiger partial charge is 0.274 e. The van der Waals surface area contributed by atoms with E-state index in [1.54, 1.807) is 12.1 Å². The Kier molecular flexibility index (Phi) is 6.75. The summed E-state index contributed by atoms with van der Waals surface area (Å²) in [6, 6.07) is 10.2. The number of methoxy groups -OCH3 is 1. The molecule has 3 heterocycles. The number of hydrogen-bond acceptors (Lipinski definition) is 7. The number of likely N-dealkylation sites (tertiary alicyclic amines) is 1. The largest absolute Gasteiger partial charge is 0.496 e. The number of aromatic nitrogens is 4. The predicted octanol–water partition coefficient (Wildman–Crippen LogP) is 3.96. The average molecular weight is 504 g/mol. The molecule has 0 radical (unpaired) electrons. The van der Waals surface area contributed by atoms with Gasteiger partial charge in [-0.2, -0.15) is 5.10 Å². The second-order valence-corrected chi connectivity index (χ2v) is 9.34. The number of carbonyl (C=O) groups is 1. The number of fused-ring (bicyclic) bond motifs is 1. The van der Waals surface area contributed by atoms with Gasteiger partial charge in [-0.25, -0.2) is 14.4 Å². The molecule has 0 saturated carbocycles. The molecule has 0 bridgehead atoms. The minimum atomic E-state index is -0.527. The first-order valence-electron chi connectivity index (χ1n) is 12.2. The Morgan fingerprint density at radius 2 is 1.95 bits per heavy atom. The van der Waals surface area contributed by atoms with Crippen molar-refractivity contribution in [1.82, 2.24) is 24.6 Å². The second-order valence-electron chi connectivity index (χ2n) is 9.34. The lowest BCUT2D eigenvalue weighted by molar-refractivity contribution is 0.102. The zero-order valence-electron chi connectivity index (χ0n) is 21.4. The van der Waals surface area contributed by atoms with Crippen LogP contribution >= 0.6 is 0 Å². The second kappa shape index (κ2) is 10.1. The van der Waals surface area contributed by atoms with Gasteiger partial charge in [0.05, 0.1) is 35.8 Å². The van der Waals surface area contributed by atoms with E-state index in [9.17, 15) is 9.18 Å². The molecule has 2 aromatic carbocycles. The number of nitrogens with zero attached hydrogens (tertiary/aromatic N) is 6. The highest BCUT2D eigenvalue weighted by Gasteiger charge is 2.26. The van der Waals surface area contributed by atoms with Gasteiger partial charge in [-0.1, -0.05) is 6.07 Å². The Bertz CT molecular complexity index is 1450. The molecule has 9 nitrogen and oxygen atoms in total. The number of aryl methyl sites for hydroxylation is 1. The molecular weight excluding hydrogens is 473 g/mol. The SMILES string of the molecule is COc1cccc(F)c1-c1nccc(C(=O)Nc2ccc3c(cnn3C)c2N(C)C2CCN(C)CC2)n1. The van der Waals surface area contributed by atoms with Crippen molar-refractivity contribution in [3.8, 4) is 17.1 Å². The summed E-state index contributed by atoms with van der Waals surface area (Å²) in [6.07, 6.45) is 5.32. The summed E-state index contributed by atoms with van der Waals surface area (Å²) in [5.41, 5.74) is 2.78. The quantitative estimate of drug-likeness (QED) is 0.426. The minimum Gasteiger partial charge on any atom is -0.496 e. The van der Waals surface area contributed by atoms with Crippen molar-refractivity contribution in [2.45, 2.75) is 18.9 Å². The minimum absolute atomic E-state index is 0.0778. The van der Waals surface area contributed by atoms with Crippen molar-refractivity contribution in [1.29, 1.82) is 0 Å². The third-order valence-electron chi connectivity index (χ3n) is 7.05. The fraction of sp³-hybridized carbons (Fsp3) is 0.333. The number of carbonyl (C=O) groups excluding carboxylic acids is 1. The normalized spacial score (nSPS) is 14.6. The van der Waals surface area contributed by atoms with Gasteiger partial charge in [-0.3, -0.25) is 9.48 Å². The van der Waals surface area contributed by atoms with Crippen LogP contribution in [0.4, 0.5) is 15.8 Å². The zero-order valence-corrected chi connectivity index (χ0v) is 21.4. The van der Waals surface area contributed by atoms with Crippen molar-refractivity contribution in [2.24, 2.45) is 7.05 Å². The fourth-order valence-electron chi connectivity index (χ4n) is 4.94. The van der Waals surface area contributed by atoms with E-state index in [1.165, 1.54) is 25.4 Å². The molecule has 1 N–H and O–H groups in total. The van der Waals surface area contributed by atoms with Crippen LogP contribution in [0.3, 0.4) is 0 Å². The van der Waals surface area contributed by atoms with Gasteiger partial charge in [-0.15, -0.1) is 0 Å². The number of benzene rings is 2. The van der Waals surface area contributed by atoms with Gasteiger partial charge in [-0.05, 0) is 63.3 Å². The van der Waals surface area contributed by atoms with Crippen LogP contribution in [0.5, 0.6) is 5.75 Å². The fourth-order valence-corrected chi connectivity index (χ4v) is 4.94. The molecule has 10 heteroatoms. The standard InChI is InChI=1S/C27H30FN7O2/c1-33-14-11-17(12-15-33)34(2)25-18-16-30-35(3)22(18)9-8-20(25)32-27(36)21-10-13-29-26(31-21)24-19(28)6-5-7-23(24)37-4/h5-10,13,16-17H,11-12,14-15H2,1-4H3,(H,32,36). The summed E-state index contributed by atoms with van der Waals surface area (Å²) in [4.78, 5) is 26.5. The first-order chi connectivity index (χ1) is 17.9. The summed E-state index contributed by atoms with van der Waals surface area (Å²) in [6.45, 7) is 2.03. The molecule has 192 valence electrons.